The van der Waals surface area contributed by atoms with Crippen LogP contribution in [0.3, 0.4) is 0 Å². The summed E-state index contributed by atoms with van der Waals surface area (Å²) in [6.07, 6.45) is 3.25. The quantitative estimate of drug-likeness (QED) is 0.298. The summed E-state index contributed by atoms with van der Waals surface area (Å²) in [7, 11) is 2.99. The number of aromatic nitrogens is 1. The molecule has 0 radical (unpaired) electrons. The molecular formula is C27H26N2O6. The minimum atomic E-state index is -0.799. The number of ketones is 1. The van der Waals surface area contributed by atoms with E-state index in [1.165, 1.54) is 19.1 Å². The van der Waals surface area contributed by atoms with Crippen LogP contribution in [-0.4, -0.2) is 47.5 Å². The van der Waals surface area contributed by atoms with Crippen LogP contribution in [0.1, 0.15) is 29.7 Å². The molecule has 1 aromatic heterocycles. The number of nitrogens with zero attached hydrogens (tertiary/aromatic N) is 2. The molecule has 1 saturated heterocycles. The van der Waals surface area contributed by atoms with Crippen molar-refractivity contribution in [1.82, 2.24) is 9.88 Å². The number of pyridine rings is 1. The van der Waals surface area contributed by atoms with Crippen molar-refractivity contribution in [1.29, 1.82) is 0 Å². The molecule has 8 heteroatoms. The summed E-state index contributed by atoms with van der Waals surface area (Å²) in [5.74, 6) is -0.207. The van der Waals surface area contributed by atoms with Gasteiger partial charge in [0.1, 0.15) is 11.5 Å². The first kappa shape index (κ1) is 23.8. The number of rotatable bonds is 8. The number of methoxy groups -OCH3 is 2. The summed E-state index contributed by atoms with van der Waals surface area (Å²) >= 11 is 0. The fourth-order valence-electron chi connectivity index (χ4n) is 4.13. The van der Waals surface area contributed by atoms with E-state index in [4.69, 9.17) is 14.2 Å². The molecule has 8 nitrogen and oxygen atoms in total. The molecule has 2 aromatic carbocycles. The third-order valence-corrected chi connectivity index (χ3v) is 5.81. The average Bonchev–Trinajstić information content (AvgIpc) is 3.14. The number of ether oxygens (including phenoxy) is 3. The molecule has 3 aromatic rings. The Balaban J connectivity index is 1.84. The van der Waals surface area contributed by atoms with Gasteiger partial charge in [0.25, 0.3) is 11.7 Å². The molecule has 1 aliphatic rings. The lowest BCUT2D eigenvalue weighted by molar-refractivity contribution is -0.140. The van der Waals surface area contributed by atoms with E-state index in [-0.39, 0.29) is 17.9 Å². The van der Waals surface area contributed by atoms with Crippen LogP contribution in [0.25, 0.3) is 5.76 Å². The maximum absolute atomic E-state index is 13.2. The normalized spacial score (nSPS) is 16.9. The molecule has 2 heterocycles. The zero-order valence-corrected chi connectivity index (χ0v) is 19.7. The Kier molecular flexibility index (Phi) is 7.01. The van der Waals surface area contributed by atoms with E-state index in [2.05, 4.69) is 4.98 Å². The van der Waals surface area contributed by atoms with Crippen molar-refractivity contribution < 1.29 is 28.9 Å². The van der Waals surface area contributed by atoms with Gasteiger partial charge < -0.3 is 24.2 Å². The predicted octanol–water partition coefficient (Wildman–Crippen LogP) is 4.12. The van der Waals surface area contributed by atoms with Crippen molar-refractivity contribution in [3.63, 3.8) is 0 Å². The summed E-state index contributed by atoms with van der Waals surface area (Å²) in [6.45, 7) is 2.58. The Morgan fingerprint density at radius 1 is 0.971 bits per heavy atom. The van der Waals surface area contributed by atoms with Crippen molar-refractivity contribution in [3.05, 3.63) is 89.3 Å². The summed E-state index contributed by atoms with van der Waals surface area (Å²) in [5.41, 5.74) is 1.81. The third-order valence-electron chi connectivity index (χ3n) is 5.81. The van der Waals surface area contributed by atoms with E-state index < -0.39 is 17.7 Å². The van der Waals surface area contributed by atoms with Gasteiger partial charge in [-0.3, -0.25) is 14.6 Å². The molecule has 180 valence electrons. The highest BCUT2D eigenvalue weighted by Crippen LogP contribution is 2.41. The number of amides is 1. The van der Waals surface area contributed by atoms with Crippen LogP contribution >= 0.6 is 0 Å². The van der Waals surface area contributed by atoms with Gasteiger partial charge in [-0.15, -0.1) is 0 Å². The first-order valence-corrected chi connectivity index (χ1v) is 11.1. The van der Waals surface area contributed by atoms with Crippen LogP contribution in [-0.2, 0) is 16.1 Å². The lowest BCUT2D eigenvalue weighted by Crippen LogP contribution is -2.29. The maximum atomic E-state index is 13.2. The molecule has 0 bridgehead atoms. The Hall–Kier alpha value is -4.33. The van der Waals surface area contributed by atoms with Crippen LogP contribution in [0.15, 0.2) is 72.6 Å². The monoisotopic (exact) mass is 474 g/mol. The van der Waals surface area contributed by atoms with E-state index in [0.29, 0.717) is 35.0 Å². The van der Waals surface area contributed by atoms with Crippen LogP contribution in [0, 0.1) is 0 Å². The molecule has 0 aliphatic carbocycles. The first-order chi connectivity index (χ1) is 17.0. The number of hydrogen-bond donors (Lipinski definition) is 1. The van der Waals surface area contributed by atoms with Crippen molar-refractivity contribution in [2.45, 2.75) is 19.5 Å². The van der Waals surface area contributed by atoms with Crippen LogP contribution in [0.5, 0.6) is 17.2 Å². The van der Waals surface area contributed by atoms with Gasteiger partial charge in [0.05, 0.1) is 32.4 Å². The van der Waals surface area contributed by atoms with E-state index >= 15 is 0 Å². The molecule has 4 rings (SSSR count). The fourth-order valence-corrected chi connectivity index (χ4v) is 4.13. The molecule has 0 saturated carbocycles. The average molecular weight is 475 g/mol. The molecule has 1 unspecified atom stereocenters. The minimum absolute atomic E-state index is 0.000404. The number of aliphatic hydroxyl groups is 1. The number of benzene rings is 2. The Labute approximate surface area is 203 Å². The number of carbonyl (C=O) groups excluding carboxylic acids is 2. The number of aliphatic hydroxyl groups excluding tert-OH is 1. The number of Topliss-reactive ketones (excluding diaryl/α,β-unsaturated/α-hetero) is 1. The van der Waals surface area contributed by atoms with Crippen LogP contribution in [0.4, 0.5) is 0 Å². The van der Waals surface area contributed by atoms with Gasteiger partial charge in [-0.1, -0.05) is 12.1 Å². The van der Waals surface area contributed by atoms with Gasteiger partial charge in [-0.05, 0) is 60.5 Å². The van der Waals surface area contributed by atoms with Gasteiger partial charge in [0, 0.05) is 24.5 Å². The standard InChI is InChI=1S/C27H26N2O6/c1-4-35-20-8-5-18(6-9-20)24-23(25(30)19-7-10-21(33-2)22(15-19)34-3)26(31)27(32)29(24)16-17-11-13-28-14-12-17/h5-15,24,30H,4,16H2,1-3H3/b25-23-. The highest BCUT2D eigenvalue weighted by Gasteiger charge is 2.46. The van der Waals surface area contributed by atoms with Crippen molar-refractivity contribution >= 4 is 17.4 Å². The largest absolute Gasteiger partial charge is 0.507 e. The highest BCUT2D eigenvalue weighted by molar-refractivity contribution is 6.46. The lowest BCUT2D eigenvalue weighted by atomic mass is 9.95. The molecule has 35 heavy (non-hydrogen) atoms. The Bertz CT molecular complexity index is 1250. The third kappa shape index (κ3) is 4.68. The molecule has 1 amide bonds. The second-order valence-corrected chi connectivity index (χ2v) is 7.85. The number of hydrogen-bond acceptors (Lipinski definition) is 7. The molecule has 1 fully saturated rings. The summed E-state index contributed by atoms with van der Waals surface area (Å²) < 4.78 is 16.2. The van der Waals surface area contributed by atoms with Gasteiger partial charge in [0.2, 0.25) is 0 Å². The van der Waals surface area contributed by atoms with Gasteiger partial charge >= 0.3 is 0 Å². The second-order valence-electron chi connectivity index (χ2n) is 7.85. The summed E-state index contributed by atoms with van der Waals surface area (Å²) in [5, 5.41) is 11.3. The van der Waals surface area contributed by atoms with E-state index in [1.54, 1.807) is 67.0 Å². The number of likely N-dealkylation sites (tertiary alicyclic amines) is 1. The van der Waals surface area contributed by atoms with Crippen molar-refractivity contribution in [3.8, 4) is 17.2 Å². The maximum Gasteiger partial charge on any atom is 0.295 e. The van der Waals surface area contributed by atoms with E-state index in [0.717, 1.165) is 5.56 Å². The molecule has 1 N–H and O–H groups in total. The smallest absolute Gasteiger partial charge is 0.295 e. The van der Waals surface area contributed by atoms with E-state index in [1.807, 2.05) is 6.92 Å². The molecular weight excluding hydrogens is 448 g/mol. The van der Waals surface area contributed by atoms with E-state index in [9.17, 15) is 14.7 Å². The predicted molar refractivity (Wildman–Crippen MR) is 129 cm³/mol. The zero-order chi connectivity index (χ0) is 24.9. The molecule has 1 atom stereocenters. The minimum Gasteiger partial charge on any atom is -0.507 e. The topological polar surface area (TPSA) is 98.2 Å². The SMILES string of the molecule is CCOc1ccc(C2/C(=C(/O)c3ccc(OC)c(OC)c3)C(=O)C(=O)N2Cc2ccncc2)cc1. The molecule has 1 aliphatic heterocycles. The highest BCUT2D eigenvalue weighted by atomic mass is 16.5. The molecule has 0 spiro atoms. The Morgan fingerprint density at radius 3 is 2.29 bits per heavy atom. The first-order valence-electron chi connectivity index (χ1n) is 11.1. The number of carbonyl (C=O) groups is 2. The second kappa shape index (κ2) is 10.3. The van der Waals surface area contributed by atoms with Crippen molar-refractivity contribution in [2.24, 2.45) is 0 Å². The Morgan fingerprint density at radius 2 is 1.66 bits per heavy atom. The van der Waals surface area contributed by atoms with Crippen molar-refractivity contribution in [2.75, 3.05) is 20.8 Å². The van der Waals surface area contributed by atoms with Gasteiger partial charge in [0.15, 0.2) is 11.5 Å². The summed E-state index contributed by atoms with van der Waals surface area (Å²) in [6, 6.07) is 14.7. The lowest BCUT2D eigenvalue weighted by Gasteiger charge is -2.25. The van der Waals surface area contributed by atoms with Gasteiger partial charge in [-0.25, -0.2) is 0 Å². The fraction of sp³-hybridized carbons (Fsp3) is 0.222. The zero-order valence-electron chi connectivity index (χ0n) is 19.7. The van der Waals surface area contributed by atoms with Crippen LogP contribution < -0.4 is 14.2 Å². The summed E-state index contributed by atoms with van der Waals surface area (Å²) in [4.78, 5) is 31.9. The van der Waals surface area contributed by atoms with Gasteiger partial charge in [-0.2, -0.15) is 0 Å². The van der Waals surface area contributed by atoms with Crippen LogP contribution in [0.2, 0.25) is 0 Å².